The van der Waals surface area contributed by atoms with Crippen molar-refractivity contribution in [1.82, 2.24) is 0 Å². The van der Waals surface area contributed by atoms with Crippen molar-refractivity contribution in [2.75, 3.05) is 11.4 Å². The van der Waals surface area contributed by atoms with Crippen molar-refractivity contribution in [2.45, 2.75) is 25.6 Å². The zero-order valence-electron chi connectivity index (χ0n) is 12.1. The standard InChI is InChI=1S/C18H18ClNO/c1-13-5-2-7-15-9-4-10-20(17(13)15)18(21)16-8-3-6-14(11-16)12-19/h2-3,5-8,11H,4,9-10,12H2,1H3. The van der Waals surface area contributed by atoms with Gasteiger partial charge in [0.15, 0.2) is 0 Å². The van der Waals surface area contributed by atoms with E-state index in [9.17, 15) is 4.79 Å². The summed E-state index contributed by atoms with van der Waals surface area (Å²) in [5.74, 6) is 0.494. The van der Waals surface area contributed by atoms with Crippen LogP contribution in [0.3, 0.4) is 0 Å². The van der Waals surface area contributed by atoms with Crippen LogP contribution in [0.5, 0.6) is 0 Å². The lowest BCUT2D eigenvalue weighted by atomic mass is 9.97. The maximum Gasteiger partial charge on any atom is 0.258 e. The molecule has 0 fully saturated rings. The predicted octanol–water partition coefficient (Wildman–Crippen LogP) is 4.33. The Kier molecular flexibility index (Phi) is 3.98. The number of para-hydroxylation sites is 1. The third-order valence-electron chi connectivity index (χ3n) is 3.99. The fraction of sp³-hybridized carbons (Fsp3) is 0.278. The van der Waals surface area contributed by atoms with Crippen LogP contribution in [0, 0.1) is 6.92 Å². The van der Waals surface area contributed by atoms with Crippen molar-refractivity contribution in [3.63, 3.8) is 0 Å². The van der Waals surface area contributed by atoms with Gasteiger partial charge in [-0.1, -0.05) is 30.3 Å². The van der Waals surface area contributed by atoms with Crippen LogP contribution in [0.15, 0.2) is 42.5 Å². The number of aryl methyl sites for hydroxylation is 2. The van der Waals surface area contributed by atoms with Gasteiger partial charge in [-0.3, -0.25) is 4.79 Å². The number of alkyl halides is 1. The lowest BCUT2D eigenvalue weighted by molar-refractivity contribution is 0.0985. The van der Waals surface area contributed by atoms with E-state index in [0.717, 1.165) is 36.2 Å². The molecule has 1 aliphatic rings. The molecule has 1 aliphatic heterocycles. The van der Waals surface area contributed by atoms with Crippen molar-refractivity contribution in [3.05, 3.63) is 64.7 Å². The van der Waals surface area contributed by atoms with Gasteiger partial charge in [0, 0.05) is 18.0 Å². The second-order valence-corrected chi connectivity index (χ2v) is 5.74. The molecule has 1 heterocycles. The van der Waals surface area contributed by atoms with E-state index in [1.54, 1.807) is 0 Å². The highest BCUT2D eigenvalue weighted by molar-refractivity contribution is 6.17. The van der Waals surface area contributed by atoms with E-state index in [2.05, 4.69) is 25.1 Å². The van der Waals surface area contributed by atoms with Crippen LogP contribution in [-0.2, 0) is 12.3 Å². The third kappa shape index (κ3) is 2.68. The van der Waals surface area contributed by atoms with E-state index in [-0.39, 0.29) is 5.91 Å². The van der Waals surface area contributed by atoms with Crippen LogP contribution >= 0.6 is 11.6 Å². The van der Waals surface area contributed by atoms with Crippen molar-refractivity contribution in [3.8, 4) is 0 Å². The first-order valence-corrected chi connectivity index (χ1v) is 7.79. The average molecular weight is 300 g/mol. The van der Waals surface area contributed by atoms with Crippen molar-refractivity contribution in [1.29, 1.82) is 0 Å². The van der Waals surface area contributed by atoms with Crippen molar-refractivity contribution < 1.29 is 4.79 Å². The summed E-state index contributed by atoms with van der Waals surface area (Å²) in [6, 6.07) is 13.9. The molecule has 0 radical (unpaired) electrons. The second kappa shape index (κ2) is 5.90. The molecule has 3 rings (SSSR count). The number of carbonyl (C=O) groups excluding carboxylic acids is 1. The first-order valence-electron chi connectivity index (χ1n) is 7.26. The van der Waals surface area contributed by atoms with Gasteiger partial charge < -0.3 is 4.90 Å². The zero-order valence-corrected chi connectivity index (χ0v) is 12.9. The number of anilines is 1. The van der Waals surface area contributed by atoms with E-state index in [4.69, 9.17) is 11.6 Å². The molecule has 1 amide bonds. The summed E-state index contributed by atoms with van der Waals surface area (Å²) in [6.07, 6.45) is 2.06. The van der Waals surface area contributed by atoms with Gasteiger partial charge in [-0.2, -0.15) is 0 Å². The van der Waals surface area contributed by atoms with Gasteiger partial charge in [0.1, 0.15) is 0 Å². The van der Waals surface area contributed by atoms with Crippen LogP contribution in [-0.4, -0.2) is 12.5 Å². The summed E-state index contributed by atoms with van der Waals surface area (Å²) in [5.41, 5.74) is 5.20. The Morgan fingerprint density at radius 1 is 1.24 bits per heavy atom. The molecule has 0 saturated heterocycles. The van der Waals surface area contributed by atoms with E-state index >= 15 is 0 Å². The minimum absolute atomic E-state index is 0.0669. The molecule has 0 saturated carbocycles. The Balaban J connectivity index is 2.00. The van der Waals surface area contributed by atoms with Gasteiger partial charge in [-0.15, -0.1) is 11.6 Å². The van der Waals surface area contributed by atoms with Gasteiger partial charge in [0.05, 0.1) is 5.69 Å². The van der Waals surface area contributed by atoms with Crippen LogP contribution in [0.1, 0.15) is 33.5 Å². The molecular weight excluding hydrogens is 282 g/mol. The van der Waals surface area contributed by atoms with Crippen LogP contribution in [0.25, 0.3) is 0 Å². The first-order chi connectivity index (χ1) is 10.2. The second-order valence-electron chi connectivity index (χ2n) is 5.48. The molecule has 0 bridgehead atoms. The van der Waals surface area contributed by atoms with Gasteiger partial charge in [-0.25, -0.2) is 0 Å². The number of amides is 1. The quantitative estimate of drug-likeness (QED) is 0.756. The predicted molar refractivity (Wildman–Crippen MR) is 87.2 cm³/mol. The Morgan fingerprint density at radius 3 is 2.86 bits per heavy atom. The highest BCUT2D eigenvalue weighted by Gasteiger charge is 2.24. The first kappa shape index (κ1) is 14.2. The van der Waals surface area contributed by atoms with E-state index in [0.29, 0.717) is 11.4 Å². The molecule has 3 heteroatoms. The maximum absolute atomic E-state index is 12.9. The monoisotopic (exact) mass is 299 g/mol. The topological polar surface area (TPSA) is 20.3 Å². The summed E-state index contributed by atoms with van der Waals surface area (Å²) in [4.78, 5) is 14.8. The van der Waals surface area contributed by atoms with Gasteiger partial charge in [0.25, 0.3) is 5.91 Å². The maximum atomic E-state index is 12.9. The molecule has 21 heavy (non-hydrogen) atoms. The minimum Gasteiger partial charge on any atom is -0.308 e. The van der Waals surface area contributed by atoms with E-state index in [1.807, 2.05) is 29.2 Å². The number of hydrogen-bond acceptors (Lipinski definition) is 1. The molecular formula is C18H18ClNO. The summed E-state index contributed by atoms with van der Waals surface area (Å²) in [6.45, 7) is 2.85. The molecule has 2 nitrogen and oxygen atoms in total. The summed E-state index contributed by atoms with van der Waals surface area (Å²) < 4.78 is 0. The Bertz CT molecular complexity index is 681. The van der Waals surface area contributed by atoms with Gasteiger partial charge in [-0.05, 0) is 48.6 Å². The lowest BCUT2D eigenvalue weighted by Crippen LogP contribution is -2.36. The largest absolute Gasteiger partial charge is 0.308 e. The van der Waals surface area contributed by atoms with Gasteiger partial charge in [0.2, 0.25) is 0 Å². The molecule has 0 spiro atoms. The van der Waals surface area contributed by atoms with Crippen LogP contribution in [0.4, 0.5) is 5.69 Å². The fourth-order valence-corrected chi connectivity index (χ4v) is 3.16. The van der Waals surface area contributed by atoms with E-state index < -0.39 is 0 Å². The van der Waals surface area contributed by atoms with Gasteiger partial charge >= 0.3 is 0 Å². The fourth-order valence-electron chi connectivity index (χ4n) is 2.99. The number of rotatable bonds is 2. The highest BCUT2D eigenvalue weighted by Crippen LogP contribution is 2.31. The number of nitrogens with zero attached hydrogens (tertiary/aromatic N) is 1. The molecule has 0 aliphatic carbocycles. The number of hydrogen-bond donors (Lipinski definition) is 0. The SMILES string of the molecule is Cc1cccc2c1N(C(=O)c1cccc(CCl)c1)CCC2. The summed E-state index contributed by atoms with van der Waals surface area (Å²) in [7, 11) is 0. The van der Waals surface area contributed by atoms with E-state index in [1.165, 1.54) is 5.56 Å². The number of fused-ring (bicyclic) bond motifs is 1. The number of halogens is 1. The lowest BCUT2D eigenvalue weighted by Gasteiger charge is -2.31. The number of carbonyl (C=O) groups is 1. The smallest absolute Gasteiger partial charge is 0.258 e. The normalized spacial score (nSPS) is 13.9. The molecule has 0 atom stereocenters. The average Bonchev–Trinajstić information content (AvgIpc) is 2.54. The Labute approximate surface area is 130 Å². The summed E-state index contributed by atoms with van der Waals surface area (Å²) in [5, 5.41) is 0. The van der Waals surface area contributed by atoms with Crippen LogP contribution in [0.2, 0.25) is 0 Å². The third-order valence-corrected chi connectivity index (χ3v) is 4.30. The molecule has 108 valence electrons. The molecule has 0 N–H and O–H groups in total. The molecule has 0 unspecified atom stereocenters. The van der Waals surface area contributed by atoms with Crippen LogP contribution < -0.4 is 4.90 Å². The number of benzene rings is 2. The molecule has 2 aromatic carbocycles. The molecule has 2 aromatic rings. The Hall–Kier alpha value is -1.80. The minimum atomic E-state index is 0.0669. The summed E-state index contributed by atoms with van der Waals surface area (Å²) >= 11 is 5.87. The van der Waals surface area contributed by atoms with Crippen molar-refractivity contribution >= 4 is 23.2 Å². The van der Waals surface area contributed by atoms with Crippen molar-refractivity contribution in [2.24, 2.45) is 0 Å². The Morgan fingerprint density at radius 2 is 2.05 bits per heavy atom. The zero-order chi connectivity index (χ0) is 14.8. The highest BCUT2D eigenvalue weighted by atomic mass is 35.5. The molecule has 0 aromatic heterocycles.